The number of hydrogen-bond acceptors (Lipinski definition) is 3. The van der Waals surface area contributed by atoms with Gasteiger partial charge >= 0.3 is 0 Å². The van der Waals surface area contributed by atoms with Gasteiger partial charge in [0.15, 0.2) is 5.11 Å². The predicted octanol–water partition coefficient (Wildman–Crippen LogP) is 2.55. The lowest BCUT2D eigenvalue weighted by atomic mass is 10.2. The van der Waals surface area contributed by atoms with Crippen molar-refractivity contribution in [3.05, 3.63) is 54.5 Å². The maximum atomic E-state index is 5.26. The third-order valence-electron chi connectivity index (χ3n) is 3.88. The van der Waals surface area contributed by atoms with Gasteiger partial charge in [-0.15, -0.1) is 0 Å². The number of rotatable bonds is 4. The summed E-state index contributed by atoms with van der Waals surface area (Å²) in [5.41, 5.74) is 3.12. The molecule has 1 aromatic carbocycles. The number of aromatic nitrogens is 3. The van der Waals surface area contributed by atoms with Crippen LogP contribution in [0.5, 0.6) is 0 Å². The largest absolute Gasteiger partial charge is 0.360 e. The van der Waals surface area contributed by atoms with Crippen LogP contribution in [0.3, 0.4) is 0 Å². The van der Waals surface area contributed by atoms with E-state index in [1.807, 2.05) is 41.1 Å². The highest BCUT2D eigenvalue weighted by Crippen LogP contribution is 2.18. The zero-order chi connectivity index (χ0) is 15.6. The molecule has 2 heterocycles. The average molecular weight is 323 g/mol. The minimum absolute atomic E-state index is 0.574. The maximum Gasteiger partial charge on any atom is 0.166 e. The summed E-state index contributed by atoms with van der Waals surface area (Å²) in [5.74, 6) is 0.862. The molecule has 1 fully saturated rings. The Kier molecular flexibility index (Phi) is 3.67. The summed E-state index contributed by atoms with van der Waals surface area (Å²) >= 11 is 5.26. The quantitative estimate of drug-likeness (QED) is 0.723. The molecule has 1 aliphatic carbocycles. The summed E-state index contributed by atoms with van der Waals surface area (Å²) in [6.07, 6.45) is 6.12. The van der Waals surface area contributed by atoms with Gasteiger partial charge in [-0.05, 0) is 48.8 Å². The maximum absolute atomic E-state index is 5.26. The highest BCUT2D eigenvalue weighted by Gasteiger charge is 2.21. The van der Waals surface area contributed by atoms with Crippen LogP contribution >= 0.6 is 12.2 Å². The van der Waals surface area contributed by atoms with Crippen LogP contribution < -0.4 is 10.6 Å². The van der Waals surface area contributed by atoms with Crippen LogP contribution in [0.25, 0.3) is 16.9 Å². The smallest absolute Gasteiger partial charge is 0.166 e. The average Bonchev–Trinajstić information content (AvgIpc) is 3.29. The lowest BCUT2D eigenvalue weighted by Gasteiger charge is -2.10. The molecule has 0 bridgehead atoms. The van der Waals surface area contributed by atoms with E-state index in [4.69, 9.17) is 12.2 Å². The third-order valence-corrected chi connectivity index (χ3v) is 4.14. The first kappa shape index (κ1) is 14.1. The number of fused-ring (bicyclic) bond motifs is 1. The summed E-state index contributed by atoms with van der Waals surface area (Å²) in [7, 11) is 0. The Bertz CT molecular complexity index is 836. The number of benzene rings is 1. The molecule has 1 saturated carbocycles. The first-order valence-electron chi connectivity index (χ1n) is 7.71. The standard InChI is InChI=1S/C17H17N5S/c23-17(21-13-6-7-13)19-10-12-5-8-16(18-9-12)22-11-20-14-3-1-2-4-15(14)22/h1-5,8-9,11,13H,6-7,10H2,(H2,19,21,23). The molecule has 0 radical (unpaired) electrons. The van der Waals surface area contributed by atoms with Crippen molar-refractivity contribution in [1.82, 2.24) is 25.2 Å². The Morgan fingerprint density at radius 3 is 2.83 bits per heavy atom. The highest BCUT2D eigenvalue weighted by molar-refractivity contribution is 7.80. The summed E-state index contributed by atoms with van der Waals surface area (Å²) in [6, 6.07) is 12.7. The van der Waals surface area contributed by atoms with Crippen LogP contribution in [-0.2, 0) is 6.54 Å². The summed E-state index contributed by atoms with van der Waals surface area (Å²) < 4.78 is 1.99. The molecule has 0 amide bonds. The molecule has 2 N–H and O–H groups in total. The second-order valence-corrected chi connectivity index (χ2v) is 6.14. The molecule has 6 heteroatoms. The Balaban J connectivity index is 1.46. The van der Waals surface area contributed by atoms with Gasteiger partial charge in [-0.25, -0.2) is 9.97 Å². The molecule has 23 heavy (non-hydrogen) atoms. The van der Waals surface area contributed by atoms with Crippen LogP contribution in [0.1, 0.15) is 18.4 Å². The van der Waals surface area contributed by atoms with E-state index in [1.165, 1.54) is 12.8 Å². The van der Waals surface area contributed by atoms with Crippen molar-refractivity contribution in [2.45, 2.75) is 25.4 Å². The van der Waals surface area contributed by atoms with E-state index in [9.17, 15) is 0 Å². The lowest BCUT2D eigenvalue weighted by molar-refractivity contribution is 0.825. The molecule has 0 spiro atoms. The second-order valence-electron chi connectivity index (χ2n) is 5.73. The van der Waals surface area contributed by atoms with Crippen molar-refractivity contribution >= 4 is 28.4 Å². The molecule has 0 aliphatic heterocycles. The van der Waals surface area contributed by atoms with E-state index < -0.39 is 0 Å². The van der Waals surface area contributed by atoms with Crippen LogP contribution in [0.2, 0.25) is 0 Å². The Hall–Kier alpha value is -2.47. The number of para-hydroxylation sites is 2. The minimum Gasteiger partial charge on any atom is -0.360 e. The molecular formula is C17H17N5S. The predicted molar refractivity (Wildman–Crippen MR) is 94.5 cm³/mol. The van der Waals surface area contributed by atoms with Crippen molar-refractivity contribution in [3.8, 4) is 5.82 Å². The number of imidazole rings is 1. The molecule has 2 aromatic heterocycles. The molecule has 116 valence electrons. The molecule has 3 aromatic rings. The van der Waals surface area contributed by atoms with E-state index in [0.29, 0.717) is 12.6 Å². The van der Waals surface area contributed by atoms with Gasteiger partial charge in [0.1, 0.15) is 12.1 Å². The van der Waals surface area contributed by atoms with Crippen molar-refractivity contribution in [1.29, 1.82) is 0 Å². The van der Waals surface area contributed by atoms with Gasteiger partial charge in [0.25, 0.3) is 0 Å². The minimum atomic E-state index is 0.574. The highest BCUT2D eigenvalue weighted by atomic mass is 32.1. The molecule has 5 nitrogen and oxygen atoms in total. The summed E-state index contributed by atoms with van der Waals surface area (Å²) in [5, 5.41) is 7.20. The lowest BCUT2D eigenvalue weighted by Crippen LogP contribution is -2.36. The molecule has 1 aliphatic rings. The van der Waals surface area contributed by atoms with E-state index in [2.05, 4.69) is 26.7 Å². The van der Waals surface area contributed by atoms with E-state index in [-0.39, 0.29) is 0 Å². The fourth-order valence-electron chi connectivity index (χ4n) is 2.45. The number of nitrogens with zero attached hydrogens (tertiary/aromatic N) is 3. The Morgan fingerprint density at radius 1 is 1.17 bits per heavy atom. The van der Waals surface area contributed by atoms with Crippen molar-refractivity contribution in [3.63, 3.8) is 0 Å². The molecule has 0 saturated heterocycles. The van der Waals surface area contributed by atoms with E-state index in [1.54, 1.807) is 6.33 Å². The van der Waals surface area contributed by atoms with E-state index in [0.717, 1.165) is 27.5 Å². The van der Waals surface area contributed by atoms with Gasteiger partial charge in [-0.1, -0.05) is 18.2 Å². The Morgan fingerprint density at radius 2 is 2.04 bits per heavy atom. The van der Waals surface area contributed by atoms with E-state index >= 15 is 0 Å². The molecule has 0 atom stereocenters. The Labute approximate surface area is 139 Å². The number of hydrogen-bond donors (Lipinski definition) is 2. The number of pyridine rings is 1. The molecule has 0 unspecified atom stereocenters. The van der Waals surface area contributed by atoms with Gasteiger partial charge in [-0.2, -0.15) is 0 Å². The van der Waals surface area contributed by atoms with Crippen molar-refractivity contribution in [2.75, 3.05) is 0 Å². The van der Waals surface area contributed by atoms with Crippen LogP contribution in [0.15, 0.2) is 48.9 Å². The monoisotopic (exact) mass is 323 g/mol. The fraction of sp³-hybridized carbons (Fsp3) is 0.235. The van der Waals surface area contributed by atoms with Gasteiger partial charge in [0.05, 0.1) is 11.0 Å². The first-order valence-corrected chi connectivity index (χ1v) is 8.12. The first-order chi connectivity index (χ1) is 11.3. The number of thiocarbonyl (C=S) groups is 1. The zero-order valence-corrected chi connectivity index (χ0v) is 13.4. The van der Waals surface area contributed by atoms with Gasteiger partial charge in [-0.3, -0.25) is 4.57 Å². The van der Waals surface area contributed by atoms with Gasteiger partial charge in [0.2, 0.25) is 0 Å². The summed E-state index contributed by atoms with van der Waals surface area (Å²) in [6.45, 7) is 0.677. The number of nitrogens with one attached hydrogen (secondary N) is 2. The molecular weight excluding hydrogens is 306 g/mol. The molecule has 4 rings (SSSR count). The van der Waals surface area contributed by atoms with Crippen molar-refractivity contribution < 1.29 is 0 Å². The van der Waals surface area contributed by atoms with Gasteiger partial charge in [0, 0.05) is 18.8 Å². The van der Waals surface area contributed by atoms with Crippen LogP contribution in [0.4, 0.5) is 0 Å². The zero-order valence-electron chi connectivity index (χ0n) is 12.6. The van der Waals surface area contributed by atoms with Crippen LogP contribution in [-0.4, -0.2) is 25.7 Å². The normalized spacial score (nSPS) is 13.9. The van der Waals surface area contributed by atoms with Crippen LogP contribution in [0, 0.1) is 0 Å². The fourth-order valence-corrected chi connectivity index (χ4v) is 2.69. The topological polar surface area (TPSA) is 54.8 Å². The third kappa shape index (κ3) is 3.17. The summed E-state index contributed by atoms with van der Waals surface area (Å²) in [4.78, 5) is 8.94. The van der Waals surface area contributed by atoms with Crippen molar-refractivity contribution in [2.24, 2.45) is 0 Å². The van der Waals surface area contributed by atoms with Gasteiger partial charge < -0.3 is 10.6 Å². The second kappa shape index (κ2) is 5.96. The SMILES string of the molecule is S=C(NCc1ccc(-n2cnc3ccccc32)nc1)NC1CC1.